The topological polar surface area (TPSA) is 43.6 Å². The van der Waals surface area contributed by atoms with Crippen molar-refractivity contribution in [1.29, 1.82) is 0 Å². The molecule has 10 heavy (non-hydrogen) atoms. The summed E-state index contributed by atoms with van der Waals surface area (Å²) in [5.74, 6) is 0. The zero-order valence-electron chi connectivity index (χ0n) is 5.44. The van der Waals surface area contributed by atoms with Crippen LogP contribution >= 0.6 is 0 Å². The third-order valence-corrected chi connectivity index (χ3v) is 1.36. The van der Waals surface area contributed by atoms with Crippen molar-refractivity contribution < 1.29 is 0 Å². The van der Waals surface area contributed by atoms with Crippen LogP contribution in [0.5, 0.6) is 0 Å². The molecule has 0 saturated heterocycles. The molecule has 0 N–H and O–H groups in total. The maximum atomic E-state index is 4.00. The highest BCUT2D eigenvalue weighted by Crippen LogP contribution is 2.03. The van der Waals surface area contributed by atoms with Gasteiger partial charge in [-0.1, -0.05) is 0 Å². The van der Waals surface area contributed by atoms with Crippen molar-refractivity contribution in [2.24, 2.45) is 7.05 Å². The fourth-order valence-corrected chi connectivity index (χ4v) is 0.829. The monoisotopic (exact) mass is 133 g/mol. The summed E-state index contributed by atoms with van der Waals surface area (Å²) in [6, 6.07) is 0. The first-order valence-corrected chi connectivity index (χ1v) is 2.88. The zero-order valence-corrected chi connectivity index (χ0v) is 5.44. The normalized spacial score (nSPS) is 10.5. The molecule has 0 atom stereocenters. The lowest BCUT2D eigenvalue weighted by molar-refractivity contribution is 0.944. The molecule has 49 valence electrons. The predicted molar refractivity (Wildman–Crippen MR) is 35.1 cm³/mol. The van der Waals surface area contributed by atoms with E-state index in [4.69, 9.17) is 0 Å². The van der Waals surface area contributed by atoms with Gasteiger partial charge in [0.2, 0.25) is 0 Å². The SMILES string of the molecule is Cn1cnc2n[c]ncc21. The van der Waals surface area contributed by atoms with E-state index in [1.165, 1.54) is 0 Å². The molecule has 0 bridgehead atoms. The van der Waals surface area contributed by atoms with Crippen molar-refractivity contribution in [3.63, 3.8) is 0 Å². The minimum Gasteiger partial charge on any atom is -0.331 e. The highest BCUT2D eigenvalue weighted by atomic mass is 15.1. The molecule has 2 rings (SSSR count). The zero-order chi connectivity index (χ0) is 6.97. The van der Waals surface area contributed by atoms with E-state index in [0.717, 1.165) is 5.52 Å². The minimum absolute atomic E-state index is 0.692. The fraction of sp³-hybridized carbons (Fsp3) is 0.167. The van der Waals surface area contributed by atoms with E-state index in [1.807, 2.05) is 11.6 Å². The second-order valence-corrected chi connectivity index (χ2v) is 2.03. The van der Waals surface area contributed by atoms with E-state index < -0.39 is 0 Å². The number of fused-ring (bicyclic) bond motifs is 1. The van der Waals surface area contributed by atoms with Crippen LogP contribution in [0.25, 0.3) is 11.2 Å². The van der Waals surface area contributed by atoms with Gasteiger partial charge in [0.1, 0.15) is 5.52 Å². The van der Waals surface area contributed by atoms with Crippen LogP contribution in [-0.2, 0) is 7.05 Å². The molecule has 4 heteroatoms. The van der Waals surface area contributed by atoms with Crippen LogP contribution in [0.3, 0.4) is 0 Å². The number of nitrogens with zero attached hydrogens (tertiary/aromatic N) is 4. The Balaban J connectivity index is 2.93. The van der Waals surface area contributed by atoms with E-state index in [-0.39, 0.29) is 0 Å². The molecule has 0 aliphatic carbocycles. The van der Waals surface area contributed by atoms with Crippen LogP contribution in [0.4, 0.5) is 0 Å². The van der Waals surface area contributed by atoms with Crippen molar-refractivity contribution in [3.8, 4) is 0 Å². The molecule has 4 nitrogen and oxygen atoms in total. The third-order valence-electron chi connectivity index (χ3n) is 1.36. The highest BCUT2D eigenvalue weighted by molar-refractivity contribution is 5.68. The maximum absolute atomic E-state index is 4.00. The van der Waals surface area contributed by atoms with Gasteiger partial charge in [-0.15, -0.1) is 0 Å². The summed E-state index contributed by atoms with van der Waals surface area (Å²) >= 11 is 0. The summed E-state index contributed by atoms with van der Waals surface area (Å²) in [4.78, 5) is 11.6. The number of aromatic nitrogens is 4. The van der Waals surface area contributed by atoms with Crippen molar-refractivity contribution in [2.45, 2.75) is 0 Å². The smallest absolute Gasteiger partial charge is 0.199 e. The first kappa shape index (κ1) is 5.34. The predicted octanol–water partition coefficient (Wildman–Crippen LogP) is 0.163. The van der Waals surface area contributed by atoms with Gasteiger partial charge in [0.15, 0.2) is 12.0 Å². The second-order valence-electron chi connectivity index (χ2n) is 2.03. The molecular formula is C6H5N4. The van der Waals surface area contributed by atoms with Crippen LogP contribution < -0.4 is 0 Å². The van der Waals surface area contributed by atoms with Crippen LogP contribution in [0.2, 0.25) is 0 Å². The molecule has 0 fully saturated rings. The molecule has 0 saturated carbocycles. The summed E-state index contributed by atoms with van der Waals surface area (Å²) in [6.45, 7) is 0. The minimum atomic E-state index is 0.692. The molecule has 0 unspecified atom stereocenters. The van der Waals surface area contributed by atoms with E-state index in [0.29, 0.717) is 5.65 Å². The maximum Gasteiger partial charge on any atom is 0.199 e. The highest BCUT2D eigenvalue weighted by Gasteiger charge is 1.97. The Hall–Kier alpha value is -1.45. The quantitative estimate of drug-likeness (QED) is 0.514. The molecule has 0 aliphatic heterocycles. The van der Waals surface area contributed by atoms with Crippen LogP contribution in [0.15, 0.2) is 12.5 Å². The summed E-state index contributed by atoms with van der Waals surface area (Å²) < 4.78 is 1.86. The van der Waals surface area contributed by atoms with Crippen molar-refractivity contribution >= 4 is 11.2 Å². The molecular weight excluding hydrogens is 128 g/mol. The summed E-state index contributed by atoms with van der Waals surface area (Å²) in [6.07, 6.45) is 5.86. The van der Waals surface area contributed by atoms with Crippen molar-refractivity contribution in [1.82, 2.24) is 19.5 Å². The van der Waals surface area contributed by atoms with Crippen LogP contribution in [-0.4, -0.2) is 19.5 Å². The van der Waals surface area contributed by atoms with E-state index in [1.54, 1.807) is 12.5 Å². The van der Waals surface area contributed by atoms with E-state index >= 15 is 0 Å². The van der Waals surface area contributed by atoms with Gasteiger partial charge in [0.05, 0.1) is 12.5 Å². The Morgan fingerprint density at radius 1 is 1.60 bits per heavy atom. The Morgan fingerprint density at radius 2 is 2.50 bits per heavy atom. The van der Waals surface area contributed by atoms with Gasteiger partial charge < -0.3 is 4.57 Å². The van der Waals surface area contributed by atoms with Gasteiger partial charge >= 0.3 is 0 Å². The first-order chi connectivity index (χ1) is 4.88. The van der Waals surface area contributed by atoms with Gasteiger partial charge in [-0.05, 0) is 0 Å². The number of imidazole rings is 1. The Bertz CT molecular complexity index is 351. The molecule has 0 aromatic carbocycles. The molecule has 0 spiro atoms. The summed E-state index contributed by atoms with van der Waals surface area (Å²) in [5, 5.41) is 0. The standard InChI is InChI=1S/C6H5N4/c1-10-4-9-6-5(10)2-7-3-8-6/h2,4H,1H3. The lowest BCUT2D eigenvalue weighted by Crippen LogP contribution is -1.85. The average molecular weight is 133 g/mol. The summed E-state index contributed by atoms with van der Waals surface area (Å²) in [7, 11) is 1.90. The number of hydrogen-bond donors (Lipinski definition) is 0. The third kappa shape index (κ3) is 0.586. The Kier molecular flexibility index (Phi) is 0.943. The van der Waals surface area contributed by atoms with Crippen LogP contribution in [0, 0.1) is 6.33 Å². The average Bonchev–Trinajstić information content (AvgIpc) is 2.34. The summed E-state index contributed by atoms with van der Waals surface area (Å²) in [5.41, 5.74) is 1.62. The molecule has 1 radical (unpaired) electrons. The number of rotatable bonds is 0. The number of hydrogen-bond acceptors (Lipinski definition) is 3. The molecule has 0 aliphatic rings. The lowest BCUT2D eigenvalue weighted by atomic mass is 10.5. The molecule has 0 amide bonds. The molecule has 2 heterocycles. The van der Waals surface area contributed by atoms with E-state index in [2.05, 4.69) is 21.3 Å². The Labute approximate surface area is 57.6 Å². The van der Waals surface area contributed by atoms with Crippen molar-refractivity contribution in [3.05, 3.63) is 18.9 Å². The largest absolute Gasteiger partial charge is 0.331 e. The molecule has 2 aromatic rings. The van der Waals surface area contributed by atoms with Crippen molar-refractivity contribution in [2.75, 3.05) is 0 Å². The first-order valence-electron chi connectivity index (χ1n) is 2.88. The lowest BCUT2D eigenvalue weighted by Gasteiger charge is -1.88. The fourth-order valence-electron chi connectivity index (χ4n) is 0.829. The van der Waals surface area contributed by atoms with E-state index in [9.17, 15) is 0 Å². The van der Waals surface area contributed by atoms with Gasteiger partial charge in [0.25, 0.3) is 0 Å². The van der Waals surface area contributed by atoms with Gasteiger partial charge in [-0.2, -0.15) is 0 Å². The van der Waals surface area contributed by atoms with Gasteiger partial charge in [0, 0.05) is 7.05 Å². The van der Waals surface area contributed by atoms with Crippen LogP contribution in [0.1, 0.15) is 0 Å². The number of aryl methyl sites for hydroxylation is 1. The Morgan fingerprint density at radius 3 is 3.30 bits per heavy atom. The molecule has 2 aromatic heterocycles. The van der Waals surface area contributed by atoms with Gasteiger partial charge in [-0.25, -0.2) is 15.0 Å². The second kappa shape index (κ2) is 1.76. The van der Waals surface area contributed by atoms with Gasteiger partial charge in [-0.3, -0.25) is 0 Å².